The van der Waals surface area contributed by atoms with Gasteiger partial charge in [0.1, 0.15) is 0 Å². The summed E-state index contributed by atoms with van der Waals surface area (Å²) in [5.74, 6) is 0.913. The van der Waals surface area contributed by atoms with Gasteiger partial charge in [-0.3, -0.25) is 9.89 Å². The quantitative estimate of drug-likeness (QED) is 0.407. The lowest BCUT2D eigenvalue weighted by Gasteiger charge is -2.27. The van der Waals surface area contributed by atoms with Crippen molar-refractivity contribution in [2.75, 3.05) is 26.2 Å². The Kier molecular flexibility index (Phi) is 8.85. The van der Waals surface area contributed by atoms with Gasteiger partial charge >= 0.3 is 0 Å². The second kappa shape index (κ2) is 9.84. The molecule has 1 aliphatic rings. The molecule has 4 nitrogen and oxygen atoms in total. The Balaban J connectivity index is 0.00000264. The van der Waals surface area contributed by atoms with Crippen LogP contribution in [0.25, 0.3) is 0 Å². The van der Waals surface area contributed by atoms with Gasteiger partial charge in [0.2, 0.25) is 0 Å². The molecule has 1 saturated heterocycles. The van der Waals surface area contributed by atoms with Gasteiger partial charge in [-0.1, -0.05) is 6.07 Å². The Morgan fingerprint density at radius 3 is 2.57 bits per heavy atom. The summed E-state index contributed by atoms with van der Waals surface area (Å²) >= 11 is 1.84. The largest absolute Gasteiger partial charge is 0.357 e. The van der Waals surface area contributed by atoms with Gasteiger partial charge in [-0.15, -0.1) is 35.3 Å². The van der Waals surface area contributed by atoms with Crippen molar-refractivity contribution < 1.29 is 0 Å². The van der Waals surface area contributed by atoms with Crippen molar-refractivity contribution in [2.24, 2.45) is 4.99 Å². The average molecular weight is 450 g/mol. The third kappa shape index (κ3) is 6.97. The molecule has 2 heterocycles. The maximum Gasteiger partial charge on any atom is 0.191 e. The summed E-state index contributed by atoms with van der Waals surface area (Å²) in [5, 5.41) is 8.99. The Bertz CT molecular complexity index is 461. The van der Waals surface area contributed by atoms with Crippen LogP contribution >= 0.6 is 35.3 Å². The first-order valence-electron chi connectivity index (χ1n) is 8.33. The molecule has 1 atom stereocenters. The van der Waals surface area contributed by atoms with Crippen LogP contribution in [0.2, 0.25) is 0 Å². The topological polar surface area (TPSA) is 39.7 Å². The fourth-order valence-corrected chi connectivity index (χ4v) is 3.61. The van der Waals surface area contributed by atoms with E-state index in [2.05, 4.69) is 60.7 Å². The van der Waals surface area contributed by atoms with E-state index in [-0.39, 0.29) is 29.5 Å². The first-order chi connectivity index (χ1) is 10.5. The number of nitrogens with zero attached hydrogens (tertiary/aromatic N) is 2. The third-order valence-corrected chi connectivity index (χ3v) is 4.69. The summed E-state index contributed by atoms with van der Waals surface area (Å²) in [6.45, 7) is 12.7. The monoisotopic (exact) mass is 450 g/mol. The molecule has 1 unspecified atom stereocenters. The minimum absolute atomic E-state index is 0. The number of likely N-dealkylation sites (tertiary alicyclic amines) is 1. The van der Waals surface area contributed by atoms with Crippen LogP contribution in [0.15, 0.2) is 22.5 Å². The van der Waals surface area contributed by atoms with E-state index in [0.29, 0.717) is 6.04 Å². The normalized spacial score (nSPS) is 17.7. The van der Waals surface area contributed by atoms with E-state index in [4.69, 9.17) is 4.99 Å². The zero-order chi connectivity index (χ0) is 16.0. The lowest BCUT2D eigenvalue weighted by molar-refractivity contribution is 0.255. The number of hydrogen-bond donors (Lipinski definition) is 2. The smallest absolute Gasteiger partial charge is 0.191 e. The van der Waals surface area contributed by atoms with Crippen molar-refractivity contribution in [1.29, 1.82) is 0 Å². The van der Waals surface area contributed by atoms with Crippen LogP contribution in [0.1, 0.15) is 51.5 Å². The maximum atomic E-state index is 4.86. The molecule has 132 valence electrons. The van der Waals surface area contributed by atoms with Gasteiger partial charge in [-0.05, 0) is 65.1 Å². The van der Waals surface area contributed by atoms with Gasteiger partial charge in [-0.25, -0.2) is 0 Å². The summed E-state index contributed by atoms with van der Waals surface area (Å²) in [6.07, 6.45) is 2.62. The molecular weight excluding hydrogens is 419 g/mol. The molecule has 0 bridgehead atoms. The average Bonchev–Trinajstić information content (AvgIpc) is 3.10. The molecule has 2 N–H and O–H groups in total. The van der Waals surface area contributed by atoms with Gasteiger partial charge in [0, 0.05) is 17.0 Å². The van der Waals surface area contributed by atoms with E-state index >= 15 is 0 Å². The van der Waals surface area contributed by atoms with E-state index < -0.39 is 0 Å². The number of nitrogens with one attached hydrogen (secondary N) is 2. The van der Waals surface area contributed by atoms with E-state index in [1.807, 2.05) is 11.3 Å². The van der Waals surface area contributed by atoms with Crippen LogP contribution in [0, 0.1) is 0 Å². The second-order valence-electron chi connectivity index (χ2n) is 6.87. The Hall–Kier alpha value is -0.340. The first-order valence-corrected chi connectivity index (χ1v) is 9.21. The Labute approximate surface area is 162 Å². The number of thiophene rings is 1. The molecule has 0 aliphatic carbocycles. The predicted octanol–water partition coefficient (Wildman–Crippen LogP) is 3.86. The highest BCUT2D eigenvalue weighted by Gasteiger charge is 2.24. The molecule has 2 rings (SSSR count). The van der Waals surface area contributed by atoms with Crippen molar-refractivity contribution in [1.82, 2.24) is 15.5 Å². The van der Waals surface area contributed by atoms with E-state index in [9.17, 15) is 0 Å². The summed E-state index contributed by atoms with van der Waals surface area (Å²) < 4.78 is 0. The van der Waals surface area contributed by atoms with Gasteiger partial charge in [0.15, 0.2) is 5.96 Å². The van der Waals surface area contributed by atoms with Gasteiger partial charge in [0.05, 0.1) is 12.6 Å². The number of guanidine groups is 1. The van der Waals surface area contributed by atoms with Crippen LogP contribution in [0.5, 0.6) is 0 Å². The first kappa shape index (κ1) is 20.7. The van der Waals surface area contributed by atoms with Crippen LogP contribution in [0.3, 0.4) is 0 Å². The van der Waals surface area contributed by atoms with Crippen LogP contribution < -0.4 is 10.6 Å². The summed E-state index contributed by atoms with van der Waals surface area (Å²) in [5.41, 5.74) is 0.0209. The molecule has 0 aromatic carbocycles. The zero-order valence-electron chi connectivity index (χ0n) is 14.8. The fraction of sp³-hybridized carbons (Fsp3) is 0.706. The molecule has 6 heteroatoms. The van der Waals surface area contributed by atoms with Crippen LogP contribution in [-0.2, 0) is 0 Å². The van der Waals surface area contributed by atoms with Crippen molar-refractivity contribution in [2.45, 2.75) is 52.1 Å². The molecule has 1 aromatic heterocycles. The molecule has 0 spiro atoms. The molecule has 1 fully saturated rings. The lowest BCUT2D eigenvalue weighted by atomic mass is 10.1. The van der Waals surface area contributed by atoms with Crippen LogP contribution in [-0.4, -0.2) is 42.6 Å². The second-order valence-corrected chi connectivity index (χ2v) is 7.85. The molecule has 0 saturated carbocycles. The summed E-state index contributed by atoms with van der Waals surface area (Å²) in [7, 11) is 0. The highest BCUT2D eigenvalue weighted by Crippen LogP contribution is 2.28. The van der Waals surface area contributed by atoms with Gasteiger partial charge in [-0.2, -0.15) is 0 Å². The number of halogens is 1. The fourth-order valence-electron chi connectivity index (χ4n) is 2.76. The summed E-state index contributed by atoms with van der Waals surface area (Å²) in [4.78, 5) is 8.87. The highest BCUT2D eigenvalue weighted by atomic mass is 127. The molecule has 0 radical (unpaired) electrons. The van der Waals surface area contributed by atoms with Crippen molar-refractivity contribution in [3.05, 3.63) is 22.4 Å². The minimum atomic E-state index is 0. The SMILES string of the molecule is CCNC(=NCC(c1cccs1)N1CCCC1)NC(C)(C)C.I. The third-order valence-electron chi connectivity index (χ3n) is 3.71. The number of rotatable bonds is 5. The predicted molar refractivity (Wildman–Crippen MR) is 112 cm³/mol. The lowest BCUT2D eigenvalue weighted by Crippen LogP contribution is -2.47. The number of hydrogen-bond acceptors (Lipinski definition) is 3. The maximum absolute atomic E-state index is 4.86. The van der Waals surface area contributed by atoms with Crippen molar-refractivity contribution in [3.8, 4) is 0 Å². The van der Waals surface area contributed by atoms with Gasteiger partial charge < -0.3 is 10.6 Å². The van der Waals surface area contributed by atoms with E-state index in [1.54, 1.807) is 0 Å². The Morgan fingerprint density at radius 1 is 1.35 bits per heavy atom. The minimum Gasteiger partial charge on any atom is -0.357 e. The molecule has 1 aliphatic heterocycles. The molecule has 23 heavy (non-hydrogen) atoms. The van der Waals surface area contributed by atoms with Crippen LogP contribution in [0.4, 0.5) is 0 Å². The van der Waals surface area contributed by atoms with E-state index in [0.717, 1.165) is 19.0 Å². The van der Waals surface area contributed by atoms with Gasteiger partial charge in [0.25, 0.3) is 0 Å². The molecule has 0 amide bonds. The zero-order valence-corrected chi connectivity index (χ0v) is 17.9. The molecular formula is C17H31IN4S. The number of aliphatic imine (C=N–C) groups is 1. The van der Waals surface area contributed by atoms with E-state index in [1.165, 1.54) is 30.8 Å². The van der Waals surface area contributed by atoms with Crippen molar-refractivity contribution in [3.63, 3.8) is 0 Å². The standard InChI is InChI=1S/C17H30N4S.HI/c1-5-18-16(20-17(2,3)4)19-13-14(15-9-8-12-22-15)21-10-6-7-11-21;/h8-9,12,14H,5-7,10-11,13H2,1-4H3,(H2,18,19,20);1H. The Morgan fingerprint density at radius 2 is 2.04 bits per heavy atom. The molecule has 1 aromatic rings. The summed E-state index contributed by atoms with van der Waals surface area (Å²) in [6, 6.07) is 4.80. The highest BCUT2D eigenvalue weighted by molar-refractivity contribution is 14.0. The van der Waals surface area contributed by atoms with Crippen molar-refractivity contribution >= 4 is 41.3 Å².